The van der Waals surface area contributed by atoms with Crippen LogP contribution in [0.3, 0.4) is 0 Å². The Morgan fingerprint density at radius 1 is 1.35 bits per heavy atom. The van der Waals surface area contributed by atoms with Crippen LogP contribution in [0.25, 0.3) is 0 Å². The molecule has 1 N–H and O–H groups in total. The Hall–Kier alpha value is -1.39. The molecular formula is C16H24N2O2. The summed E-state index contributed by atoms with van der Waals surface area (Å²) in [6.45, 7) is 9.50. The summed E-state index contributed by atoms with van der Waals surface area (Å²) in [6.07, 6.45) is 0. The van der Waals surface area contributed by atoms with E-state index in [1.807, 2.05) is 31.2 Å². The van der Waals surface area contributed by atoms with Gasteiger partial charge in [-0.05, 0) is 24.5 Å². The Morgan fingerprint density at radius 3 is 2.75 bits per heavy atom. The van der Waals surface area contributed by atoms with Crippen LogP contribution in [-0.4, -0.2) is 50.2 Å². The van der Waals surface area contributed by atoms with E-state index >= 15 is 0 Å². The van der Waals surface area contributed by atoms with Gasteiger partial charge in [0, 0.05) is 31.7 Å². The minimum Gasteiger partial charge on any atom is -0.379 e. The number of carbonyl (C=O) groups is 1. The fourth-order valence-corrected chi connectivity index (χ4v) is 2.48. The molecule has 2 rings (SSSR count). The average molecular weight is 276 g/mol. The molecule has 1 aliphatic heterocycles. The summed E-state index contributed by atoms with van der Waals surface area (Å²) in [5, 5.41) is 3.03. The van der Waals surface area contributed by atoms with Gasteiger partial charge >= 0.3 is 0 Å². The molecule has 1 fully saturated rings. The lowest BCUT2D eigenvalue weighted by molar-refractivity contribution is 0.0317. The van der Waals surface area contributed by atoms with Gasteiger partial charge in [-0.15, -0.1) is 0 Å². The number of benzene rings is 1. The predicted molar refractivity (Wildman–Crippen MR) is 79.9 cm³/mol. The first-order valence-electron chi connectivity index (χ1n) is 7.30. The standard InChI is InChI=1S/C16H24N2O2/c1-13(12-18-7-9-20-10-8-18)11-17-16(19)15-6-4-3-5-14(15)2/h3-6,13H,7-12H2,1-2H3,(H,17,19). The van der Waals surface area contributed by atoms with Crippen molar-refractivity contribution in [1.29, 1.82) is 0 Å². The number of nitrogens with one attached hydrogen (secondary N) is 1. The molecule has 1 heterocycles. The van der Waals surface area contributed by atoms with Crippen LogP contribution in [0, 0.1) is 12.8 Å². The summed E-state index contributed by atoms with van der Waals surface area (Å²) in [5.41, 5.74) is 1.79. The van der Waals surface area contributed by atoms with E-state index in [-0.39, 0.29) is 5.91 Å². The van der Waals surface area contributed by atoms with Crippen molar-refractivity contribution >= 4 is 5.91 Å². The second-order valence-electron chi connectivity index (χ2n) is 5.54. The smallest absolute Gasteiger partial charge is 0.251 e. The van der Waals surface area contributed by atoms with Crippen molar-refractivity contribution in [3.8, 4) is 0 Å². The maximum Gasteiger partial charge on any atom is 0.251 e. The lowest BCUT2D eigenvalue weighted by atomic mass is 10.1. The quantitative estimate of drug-likeness (QED) is 0.890. The molecule has 0 aromatic heterocycles. The third kappa shape index (κ3) is 4.32. The van der Waals surface area contributed by atoms with Gasteiger partial charge in [-0.3, -0.25) is 9.69 Å². The molecule has 4 heteroatoms. The summed E-state index contributed by atoms with van der Waals surface area (Å²) < 4.78 is 5.34. The Kier molecular flexibility index (Phi) is 5.56. The van der Waals surface area contributed by atoms with Crippen LogP contribution in [0.4, 0.5) is 0 Å². The predicted octanol–water partition coefficient (Wildman–Crippen LogP) is 1.69. The summed E-state index contributed by atoms with van der Waals surface area (Å²) >= 11 is 0. The molecule has 1 atom stereocenters. The second kappa shape index (κ2) is 7.41. The van der Waals surface area contributed by atoms with Crippen molar-refractivity contribution in [2.24, 2.45) is 5.92 Å². The molecular weight excluding hydrogens is 252 g/mol. The van der Waals surface area contributed by atoms with E-state index in [1.165, 1.54) is 0 Å². The van der Waals surface area contributed by atoms with E-state index in [4.69, 9.17) is 4.74 Å². The van der Waals surface area contributed by atoms with Gasteiger partial charge in [0.05, 0.1) is 13.2 Å². The molecule has 0 bridgehead atoms. The highest BCUT2D eigenvalue weighted by Gasteiger charge is 2.15. The summed E-state index contributed by atoms with van der Waals surface area (Å²) in [4.78, 5) is 14.5. The van der Waals surface area contributed by atoms with Crippen LogP contribution in [0.1, 0.15) is 22.8 Å². The molecule has 0 aliphatic carbocycles. The first-order chi connectivity index (χ1) is 9.66. The third-order valence-corrected chi connectivity index (χ3v) is 3.67. The second-order valence-corrected chi connectivity index (χ2v) is 5.54. The van der Waals surface area contributed by atoms with Gasteiger partial charge in [-0.25, -0.2) is 0 Å². The highest BCUT2D eigenvalue weighted by atomic mass is 16.5. The van der Waals surface area contributed by atoms with Gasteiger partial charge in [-0.2, -0.15) is 0 Å². The Balaban J connectivity index is 1.76. The van der Waals surface area contributed by atoms with Crippen molar-refractivity contribution in [2.75, 3.05) is 39.4 Å². The maximum absolute atomic E-state index is 12.1. The fourth-order valence-electron chi connectivity index (χ4n) is 2.48. The normalized spacial score (nSPS) is 17.7. The van der Waals surface area contributed by atoms with E-state index in [1.54, 1.807) is 0 Å². The van der Waals surface area contributed by atoms with Crippen LogP contribution in [0.2, 0.25) is 0 Å². The fraction of sp³-hybridized carbons (Fsp3) is 0.562. The largest absolute Gasteiger partial charge is 0.379 e. The van der Waals surface area contributed by atoms with E-state index in [2.05, 4.69) is 17.1 Å². The van der Waals surface area contributed by atoms with Crippen molar-refractivity contribution in [2.45, 2.75) is 13.8 Å². The molecule has 1 aromatic carbocycles. The zero-order valence-electron chi connectivity index (χ0n) is 12.4. The minimum atomic E-state index is 0.0249. The number of amides is 1. The monoisotopic (exact) mass is 276 g/mol. The Morgan fingerprint density at radius 2 is 2.05 bits per heavy atom. The van der Waals surface area contributed by atoms with E-state index < -0.39 is 0 Å². The molecule has 0 saturated carbocycles. The van der Waals surface area contributed by atoms with E-state index in [0.717, 1.165) is 44.0 Å². The van der Waals surface area contributed by atoms with Crippen molar-refractivity contribution in [1.82, 2.24) is 10.2 Å². The Labute approximate surface area is 121 Å². The van der Waals surface area contributed by atoms with Crippen LogP contribution >= 0.6 is 0 Å². The lowest BCUT2D eigenvalue weighted by Gasteiger charge is -2.29. The molecule has 1 aliphatic rings. The molecule has 1 unspecified atom stereocenters. The summed E-state index contributed by atoms with van der Waals surface area (Å²) in [7, 11) is 0. The van der Waals surface area contributed by atoms with Gasteiger partial charge in [-0.1, -0.05) is 25.1 Å². The van der Waals surface area contributed by atoms with Gasteiger partial charge in [0.15, 0.2) is 0 Å². The number of carbonyl (C=O) groups excluding carboxylic acids is 1. The van der Waals surface area contributed by atoms with Gasteiger partial charge < -0.3 is 10.1 Å². The molecule has 110 valence electrons. The van der Waals surface area contributed by atoms with Crippen molar-refractivity contribution < 1.29 is 9.53 Å². The van der Waals surface area contributed by atoms with Crippen LogP contribution in [-0.2, 0) is 4.74 Å². The van der Waals surface area contributed by atoms with Crippen molar-refractivity contribution in [3.63, 3.8) is 0 Å². The van der Waals surface area contributed by atoms with Crippen LogP contribution in [0.15, 0.2) is 24.3 Å². The number of aryl methyl sites for hydroxylation is 1. The highest BCUT2D eigenvalue weighted by molar-refractivity contribution is 5.95. The molecule has 20 heavy (non-hydrogen) atoms. The number of rotatable bonds is 5. The molecule has 4 nitrogen and oxygen atoms in total. The average Bonchev–Trinajstić information content (AvgIpc) is 2.46. The summed E-state index contributed by atoms with van der Waals surface area (Å²) in [6, 6.07) is 7.69. The zero-order chi connectivity index (χ0) is 14.4. The van der Waals surface area contributed by atoms with Crippen molar-refractivity contribution in [3.05, 3.63) is 35.4 Å². The first kappa shape index (κ1) is 15.0. The molecule has 1 aromatic rings. The zero-order valence-corrected chi connectivity index (χ0v) is 12.4. The van der Waals surface area contributed by atoms with Crippen LogP contribution in [0.5, 0.6) is 0 Å². The van der Waals surface area contributed by atoms with Gasteiger partial charge in [0.1, 0.15) is 0 Å². The highest BCUT2D eigenvalue weighted by Crippen LogP contribution is 2.07. The Bertz CT molecular complexity index is 442. The number of ether oxygens (including phenoxy) is 1. The van der Waals surface area contributed by atoms with Gasteiger partial charge in [0.25, 0.3) is 5.91 Å². The van der Waals surface area contributed by atoms with E-state index in [9.17, 15) is 4.79 Å². The number of hydrogen-bond donors (Lipinski definition) is 1. The third-order valence-electron chi connectivity index (χ3n) is 3.67. The van der Waals surface area contributed by atoms with E-state index in [0.29, 0.717) is 12.5 Å². The molecule has 1 saturated heterocycles. The topological polar surface area (TPSA) is 41.6 Å². The minimum absolute atomic E-state index is 0.0249. The summed E-state index contributed by atoms with van der Waals surface area (Å²) in [5.74, 6) is 0.470. The number of hydrogen-bond acceptors (Lipinski definition) is 3. The number of morpholine rings is 1. The molecule has 0 radical (unpaired) electrons. The lowest BCUT2D eigenvalue weighted by Crippen LogP contribution is -2.41. The molecule has 1 amide bonds. The maximum atomic E-state index is 12.1. The van der Waals surface area contributed by atoms with Crippen LogP contribution < -0.4 is 5.32 Å². The first-order valence-corrected chi connectivity index (χ1v) is 7.30. The molecule has 0 spiro atoms. The van der Waals surface area contributed by atoms with Gasteiger partial charge in [0.2, 0.25) is 0 Å². The number of nitrogens with zero attached hydrogens (tertiary/aromatic N) is 1. The SMILES string of the molecule is Cc1ccccc1C(=O)NCC(C)CN1CCOCC1.